The standard InChI is InChI=1S/C25H25N3O2/c1-16-4-2-3-5-22(16)19-11-20-14-28(15-21(20)12-19)24(30)9-6-17-10-18-7-8-23(29)27-25(18)26-13-17/h2-6,9-11,13,20-21H,7-8,12,14-15H2,1H3,(H,26,27,29)/b9-6+. The third-order valence-electron chi connectivity index (χ3n) is 6.48. The molecule has 0 bridgehead atoms. The van der Waals surface area contributed by atoms with Gasteiger partial charge in [0.25, 0.3) is 0 Å². The summed E-state index contributed by atoms with van der Waals surface area (Å²) in [6.45, 7) is 3.76. The topological polar surface area (TPSA) is 62.3 Å². The van der Waals surface area contributed by atoms with Crippen LogP contribution in [0.15, 0.2) is 48.7 Å². The molecule has 0 saturated carbocycles. The van der Waals surface area contributed by atoms with E-state index < -0.39 is 0 Å². The third-order valence-corrected chi connectivity index (χ3v) is 6.48. The van der Waals surface area contributed by atoms with Crippen molar-refractivity contribution in [1.29, 1.82) is 0 Å². The number of nitrogens with one attached hydrogen (secondary N) is 1. The minimum Gasteiger partial charge on any atom is -0.338 e. The number of rotatable bonds is 3. The quantitative estimate of drug-likeness (QED) is 0.798. The molecule has 1 aromatic heterocycles. The van der Waals surface area contributed by atoms with E-state index >= 15 is 0 Å². The molecule has 3 aliphatic rings. The smallest absolute Gasteiger partial charge is 0.246 e. The summed E-state index contributed by atoms with van der Waals surface area (Å²) < 4.78 is 0. The van der Waals surface area contributed by atoms with E-state index in [9.17, 15) is 9.59 Å². The fourth-order valence-corrected chi connectivity index (χ4v) is 4.86. The molecule has 152 valence electrons. The first-order chi connectivity index (χ1) is 14.6. The molecule has 2 atom stereocenters. The van der Waals surface area contributed by atoms with Crippen molar-refractivity contribution >= 4 is 29.3 Å². The van der Waals surface area contributed by atoms with Crippen molar-refractivity contribution in [1.82, 2.24) is 9.88 Å². The van der Waals surface area contributed by atoms with Crippen LogP contribution < -0.4 is 5.32 Å². The lowest BCUT2D eigenvalue weighted by atomic mass is 9.96. The molecule has 1 fully saturated rings. The van der Waals surface area contributed by atoms with E-state index in [-0.39, 0.29) is 11.8 Å². The number of fused-ring (bicyclic) bond motifs is 2. The van der Waals surface area contributed by atoms with Gasteiger partial charge in [0.2, 0.25) is 11.8 Å². The largest absolute Gasteiger partial charge is 0.338 e. The Kier molecular flexibility index (Phi) is 4.74. The lowest BCUT2D eigenvalue weighted by Gasteiger charge is -2.16. The normalized spacial score (nSPS) is 22.6. The molecular formula is C25H25N3O2. The predicted octanol–water partition coefficient (Wildman–Crippen LogP) is 3.85. The Morgan fingerprint density at radius 3 is 2.93 bits per heavy atom. The molecule has 0 radical (unpaired) electrons. The van der Waals surface area contributed by atoms with Crippen LogP contribution in [0, 0.1) is 18.8 Å². The average molecular weight is 399 g/mol. The van der Waals surface area contributed by atoms with Crippen LogP contribution in [-0.2, 0) is 16.0 Å². The fourth-order valence-electron chi connectivity index (χ4n) is 4.86. The second-order valence-electron chi connectivity index (χ2n) is 8.54. The molecule has 2 aromatic rings. The van der Waals surface area contributed by atoms with Gasteiger partial charge in [-0.05, 0) is 71.6 Å². The zero-order valence-electron chi connectivity index (χ0n) is 17.1. The van der Waals surface area contributed by atoms with Gasteiger partial charge in [-0.1, -0.05) is 30.3 Å². The SMILES string of the molecule is Cc1ccccc1C1=CC2CN(C(=O)/C=C/c3cnc4c(c3)CCC(=O)N4)CC2C1. The Labute approximate surface area is 176 Å². The summed E-state index contributed by atoms with van der Waals surface area (Å²) in [6.07, 6.45) is 9.77. The fraction of sp³-hybridized carbons (Fsp3) is 0.320. The number of pyridine rings is 1. The van der Waals surface area contributed by atoms with Gasteiger partial charge in [0.1, 0.15) is 5.82 Å². The predicted molar refractivity (Wildman–Crippen MR) is 118 cm³/mol. The summed E-state index contributed by atoms with van der Waals surface area (Å²) in [7, 11) is 0. The molecule has 5 heteroatoms. The van der Waals surface area contributed by atoms with E-state index in [1.54, 1.807) is 12.3 Å². The van der Waals surface area contributed by atoms with Crippen molar-refractivity contribution in [2.75, 3.05) is 18.4 Å². The maximum Gasteiger partial charge on any atom is 0.246 e. The Hall–Kier alpha value is -3.21. The van der Waals surface area contributed by atoms with Crippen molar-refractivity contribution in [2.24, 2.45) is 11.8 Å². The van der Waals surface area contributed by atoms with E-state index in [2.05, 4.69) is 47.6 Å². The minimum absolute atomic E-state index is 0.00711. The molecule has 1 aliphatic carbocycles. The number of carbonyl (C=O) groups is 2. The maximum absolute atomic E-state index is 12.7. The zero-order valence-corrected chi connectivity index (χ0v) is 17.1. The number of anilines is 1. The van der Waals surface area contributed by atoms with Gasteiger partial charge >= 0.3 is 0 Å². The molecule has 30 heavy (non-hydrogen) atoms. The molecule has 2 unspecified atom stereocenters. The number of aryl methyl sites for hydroxylation is 2. The van der Waals surface area contributed by atoms with Gasteiger partial charge in [-0.3, -0.25) is 9.59 Å². The van der Waals surface area contributed by atoms with Crippen molar-refractivity contribution in [3.05, 3.63) is 70.9 Å². The van der Waals surface area contributed by atoms with Gasteiger partial charge in [-0.2, -0.15) is 0 Å². The van der Waals surface area contributed by atoms with Crippen LogP contribution in [-0.4, -0.2) is 34.8 Å². The summed E-state index contributed by atoms with van der Waals surface area (Å²) in [4.78, 5) is 30.5. The monoisotopic (exact) mass is 399 g/mol. The molecule has 5 nitrogen and oxygen atoms in total. The minimum atomic E-state index is 0.00711. The van der Waals surface area contributed by atoms with Gasteiger partial charge in [-0.15, -0.1) is 0 Å². The highest BCUT2D eigenvalue weighted by Crippen LogP contribution is 2.41. The van der Waals surface area contributed by atoms with Crippen LogP contribution in [0.3, 0.4) is 0 Å². The van der Waals surface area contributed by atoms with Gasteiger partial charge in [0.05, 0.1) is 0 Å². The number of carbonyl (C=O) groups excluding carboxylic acids is 2. The highest BCUT2D eigenvalue weighted by Gasteiger charge is 2.37. The van der Waals surface area contributed by atoms with Crippen LogP contribution >= 0.6 is 0 Å². The molecule has 1 aromatic carbocycles. The zero-order chi connectivity index (χ0) is 20.7. The highest BCUT2D eigenvalue weighted by atomic mass is 16.2. The maximum atomic E-state index is 12.7. The van der Waals surface area contributed by atoms with Crippen LogP contribution in [0.5, 0.6) is 0 Å². The average Bonchev–Trinajstić information content (AvgIpc) is 3.31. The summed E-state index contributed by atoms with van der Waals surface area (Å²) in [5, 5.41) is 2.78. The number of hydrogen-bond acceptors (Lipinski definition) is 3. The number of hydrogen-bond donors (Lipinski definition) is 1. The Morgan fingerprint density at radius 1 is 1.23 bits per heavy atom. The van der Waals surface area contributed by atoms with E-state index in [0.29, 0.717) is 30.5 Å². The number of amides is 2. The summed E-state index contributed by atoms with van der Waals surface area (Å²) in [5.41, 5.74) is 6.00. The number of nitrogens with zero attached hydrogens (tertiary/aromatic N) is 2. The second kappa shape index (κ2) is 7.56. The molecular weight excluding hydrogens is 374 g/mol. The second-order valence-corrected chi connectivity index (χ2v) is 8.54. The Bertz CT molecular complexity index is 1090. The first kappa shape index (κ1) is 18.8. The van der Waals surface area contributed by atoms with E-state index in [1.165, 1.54) is 16.7 Å². The lowest BCUT2D eigenvalue weighted by Crippen LogP contribution is -2.27. The number of benzene rings is 1. The van der Waals surface area contributed by atoms with Crippen molar-refractivity contribution in [3.8, 4) is 0 Å². The van der Waals surface area contributed by atoms with E-state index in [4.69, 9.17) is 0 Å². The van der Waals surface area contributed by atoms with Crippen molar-refractivity contribution < 1.29 is 9.59 Å². The molecule has 1 N–H and O–H groups in total. The number of aromatic nitrogens is 1. The first-order valence-electron chi connectivity index (χ1n) is 10.6. The van der Waals surface area contributed by atoms with Gasteiger partial charge in [0.15, 0.2) is 0 Å². The van der Waals surface area contributed by atoms with Crippen molar-refractivity contribution in [2.45, 2.75) is 26.2 Å². The molecule has 3 heterocycles. The van der Waals surface area contributed by atoms with E-state index in [0.717, 1.165) is 30.6 Å². The van der Waals surface area contributed by atoms with Gasteiger partial charge in [-0.25, -0.2) is 4.98 Å². The van der Waals surface area contributed by atoms with Crippen LogP contribution in [0.4, 0.5) is 5.82 Å². The summed E-state index contributed by atoms with van der Waals surface area (Å²) in [6, 6.07) is 10.5. The summed E-state index contributed by atoms with van der Waals surface area (Å²) >= 11 is 0. The van der Waals surface area contributed by atoms with Crippen molar-refractivity contribution in [3.63, 3.8) is 0 Å². The lowest BCUT2D eigenvalue weighted by molar-refractivity contribution is -0.125. The van der Waals surface area contributed by atoms with Gasteiger partial charge < -0.3 is 10.2 Å². The summed E-state index contributed by atoms with van der Waals surface area (Å²) in [5.74, 6) is 1.67. The number of allylic oxidation sites excluding steroid dienone is 1. The third kappa shape index (κ3) is 3.56. The van der Waals surface area contributed by atoms with E-state index in [1.807, 2.05) is 17.0 Å². The molecule has 5 rings (SSSR count). The van der Waals surface area contributed by atoms with Crippen LogP contribution in [0.2, 0.25) is 0 Å². The Balaban J connectivity index is 1.24. The Morgan fingerprint density at radius 2 is 2.10 bits per heavy atom. The van der Waals surface area contributed by atoms with Gasteiger partial charge in [0, 0.05) is 31.8 Å². The van der Waals surface area contributed by atoms with Crippen LogP contribution in [0.25, 0.3) is 11.6 Å². The highest BCUT2D eigenvalue weighted by molar-refractivity contribution is 5.94. The molecule has 1 saturated heterocycles. The molecule has 0 spiro atoms. The number of likely N-dealkylation sites (tertiary alicyclic amines) is 1. The molecule has 2 amide bonds. The van der Waals surface area contributed by atoms with Crippen LogP contribution in [0.1, 0.15) is 35.1 Å². The molecule has 2 aliphatic heterocycles. The first-order valence-corrected chi connectivity index (χ1v) is 10.6.